The van der Waals surface area contributed by atoms with Crippen molar-refractivity contribution in [3.8, 4) is 5.75 Å². The largest absolute Gasteiger partial charge is 0.493 e. The van der Waals surface area contributed by atoms with Crippen LogP contribution in [0.4, 0.5) is 5.69 Å². The lowest BCUT2D eigenvalue weighted by atomic mass is 10.1. The fourth-order valence-corrected chi connectivity index (χ4v) is 2.64. The van der Waals surface area contributed by atoms with E-state index in [4.69, 9.17) is 16.3 Å². The number of halogens is 2. The van der Waals surface area contributed by atoms with Gasteiger partial charge in [-0.3, -0.25) is 0 Å². The summed E-state index contributed by atoms with van der Waals surface area (Å²) < 4.78 is 6.48. The Bertz CT molecular complexity index is 601. The maximum atomic E-state index is 6.11. The van der Waals surface area contributed by atoms with Crippen LogP contribution in [0.25, 0.3) is 0 Å². The maximum absolute atomic E-state index is 6.11. The molecule has 0 heterocycles. The molecule has 0 saturated carbocycles. The van der Waals surface area contributed by atoms with E-state index in [-0.39, 0.29) is 0 Å². The highest BCUT2D eigenvalue weighted by molar-refractivity contribution is 9.10. The molecule has 2 nitrogen and oxygen atoms in total. The average Bonchev–Trinajstić information content (AvgIpc) is 2.43. The molecule has 0 fully saturated rings. The van der Waals surface area contributed by atoms with Gasteiger partial charge >= 0.3 is 0 Å². The smallest absolute Gasteiger partial charge is 0.133 e. The van der Waals surface area contributed by atoms with Gasteiger partial charge in [0.2, 0.25) is 0 Å². The number of hydrogen-bond acceptors (Lipinski definition) is 2. The predicted octanol–water partition coefficient (Wildman–Crippen LogP) is 5.42. The van der Waals surface area contributed by atoms with E-state index in [0.29, 0.717) is 6.61 Å². The van der Waals surface area contributed by atoms with Gasteiger partial charge in [0.15, 0.2) is 0 Å². The number of anilines is 1. The number of rotatable bonds is 5. The maximum Gasteiger partial charge on any atom is 0.133 e. The van der Waals surface area contributed by atoms with Crippen LogP contribution < -0.4 is 10.1 Å². The van der Waals surface area contributed by atoms with Crippen molar-refractivity contribution in [2.75, 3.05) is 11.9 Å². The molecule has 0 saturated heterocycles. The summed E-state index contributed by atoms with van der Waals surface area (Å²) in [7, 11) is 0. The summed E-state index contributed by atoms with van der Waals surface area (Å²) in [6.07, 6.45) is 0. The van der Waals surface area contributed by atoms with Gasteiger partial charge in [-0.25, -0.2) is 0 Å². The lowest BCUT2D eigenvalue weighted by Crippen LogP contribution is -2.02. The van der Waals surface area contributed by atoms with E-state index >= 15 is 0 Å². The van der Waals surface area contributed by atoms with Crippen molar-refractivity contribution >= 4 is 33.2 Å². The van der Waals surface area contributed by atoms with Crippen molar-refractivity contribution < 1.29 is 4.74 Å². The van der Waals surface area contributed by atoms with Crippen LogP contribution in [-0.2, 0) is 6.54 Å². The predicted molar refractivity (Wildman–Crippen MR) is 88.8 cm³/mol. The van der Waals surface area contributed by atoms with E-state index < -0.39 is 0 Å². The molecule has 20 heavy (non-hydrogen) atoms. The molecule has 0 radical (unpaired) electrons. The zero-order chi connectivity index (χ0) is 14.5. The Labute approximate surface area is 133 Å². The topological polar surface area (TPSA) is 21.3 Å². The van der Waals surface area contributed by atoms with Gasteiger partial charge in [0.1, 0.15) is 5.75 Å². The summed E-state index contributed by atoms with van der Waals surface area (Å²) in [5.74, 6) is 0.871. The second kappa shape index (κ2) is 7.00. The van der Waals surface area contributed by atoms with Crippen LogP contribution in [0.2, 0.25) is 5.02 Å². The molecule has 0 atom stereocenters. The first-order valence-corrected chi connectivity index (χ1v) is 7.69. The average molecular weight is 355 g/mol. The van der Waals surface area contributed by atoms with Crippen molar-refractivity contribution in [2.45, 2.75) is 20.4 Å². The van der Waals surface area contributed by atoms with Crippen molar-refractivity contribution in [3.05, 3.63) is 57.0 Å². The van der Waals surface area contributed by atoms with Gasteiger partial charge in [0.05, 0.1) is 11.1 Å². The number of benzene rings is 2. The Morgan fingerprint density at radius 3 is 2.75 bits per heavy atom. The molecule has 2 rings (SSSR count). The molecule has 2 aromatic rings. The zero-order valence-corrected chi connectivity index (χ0v) is 13.9. The number of nitrogens with one attached hydrogen (secondary N) is 1. The minimum atomic E-state index is 0.665. The molecule has 0 aliphatic carbocycles. The van der Waals surface area contributed by atoms with Crippen LogP contribution in [0.15, 0.2) is 40.9 Å². The second-order valence-corrected chi connectivity index (χ2v) is 5.73. The number of hydrogen-bond donors (Lipinski definition) is 1. The minimum Gasteiger partial charge on any atom is -0.493 e. The van der Waals surface area contributed by atoms with Crippen molar-refractivity contribution in [3.63, 3.8) is 0 Å². The van der Waals surface area contributed by atoms with Gasteiger partial charge in [-0.2, -0.15) is 0 Å². The number of ether oxygens (including phenoxy) is 1. The second-order valence-electron chi connectivity index (χ2n) is 4.46. The lowest BCUT2D eigenvalue weighted by molar-refractivity contribution is 0.338. The summed E-state index contributed by atoms with van der Waals surface area (Å²) in [5.41, 5.74) is 3.31. The lowest BCUT2D eigenvalue weighted by Gasteiger charge is -2.12. The molecule has 1 N–H and O–H groups in total. The van der Waals surface area contributed by atoms with E-state index in [1.807, 2.05) is 38.1 Å². The van der Waals surface area contributed by atoms with E-state index in [1.54, 1.807) is 0 Å². The zero-order valence-electron chi connectivity index (χ0n) is 11.5. The molecule has 0 unspecified atom stereocenters. The molecular formula is C16H17BrClNO. The molecule has 0 amide bonds. The van der Waals surface area contributed by atoms with E-state index in [1.165, 1.54) is 5.56 Å². The molecule has 106 valence electrons. The Morgan fingerprint density at radius 2 is 2.05 bits per heavy atom. The molecule has 2 aromatic carbocycles. The highest BCUT2D eigenvalue weighted by atomic mass is 79.9. The van der Waals surface area contributed by atoms with Gasteiger partial charge in [-0.05, 0) is 65.2 Å². The highest BCUT2D eigenvalue weighted by Crippen LogP contribution is 2.27. The van der Waals surface area contributed by atoms with Gasteiger partial charge in [-0.15, -0.1) is 0 Å². The van der Waals surface area contributed by atoms with Crippen molar-refractivity contribution in [1.82, 2.24) is 0 Å². The Kier molecular flexibility index (Phi) is 5.32. The SMILES string of the molecule is CCOc1ccc(CNc2cccc(Cl)c2C)cc1Br. The van der Waals surface area contributed by atoms with Gasteiger partial charge < -0.3 is 10.1 Å². The quantitative estimate of drug-likeness (QED) is 0.774. The van der Waals surface area contributed by atoms with Crippen molar-refractivity contribution in [2.24, 2.45) is 0 Å². The van der Waals surface area contributed by atoms with Crippen LogP contribution in [0.3, 0.4) is 0 Å². The summed E-state index contributed by atoms with van der Waals surface area (Å²) in [6.45, 7) is 5.40. The van der Waals surface area contributed by atoms with Gasteiger partial charge in [0.25, 0.3) is 0 Å². The first-order valence-electron chi connectivity index (χ1n) is 6.52. The van der Waals surface area contributed by atoms with Gasteiger partial charge in [-0.1, -0.05) is 23.7 Å². The summed E-state index contributed by atoms with van der Waals surface area (Å²) in [4.78, 5) is 0. The molecule has 0 aliphatic rings. The summed E-state index contributed by atoms with van der Waals surface area (Å²) in [6, 6.07) is 12.0. The minimum absolute atomic E-state index is 0.665. The van der Waals surface area contributed by atoms with Crippen LogP contribution in [0, 0.1) is 6.92 Å². The standard InChI is InChI=1S/C16H17BrClNO/c1-3-20-16-8-7-12(9-13(16)17)10-19-15-6-4-5-14(18)11(15)2/h4-9,19H,3,10H2,1-2H3. The van der Waals surface area contributed by atoms with Gasteiger partial charge in [0, 0.05) is 17.3 Å². The first-order chi connectivity index (χ1) is 9.61. The summed E-state index contributed by atoms with van der Waals surface area (Å²) >= 11 is 9.64. The van der Waals surface area contributed by atoms with E-state index in [9.17, 15) is 0 Å². The third kappa shape index (κ3) is 3.68. The van der Waals surface area contributed by atoms with Crippen LogP contribution in [-0.4, -0.2) is 6.61 Å². The molecule has 0 bridgehead atoms. The highest BCUT2D eigenvalue weighted by Gasteiger charge is 2.04. The first kappa shape index (κ1) is 15.2. The van der Waals surface area contributed by atoms with Crippen LogP contribution in [0.5, 0.6) is 5.75 Å². The Balaban J connectivity index is 2.07. The third-order valence-electron chi connectivity index (χ3n) is 3.05. The fourth-order valence-electron chi connectivity index (χ4n) is 1.92. The third-order valence-corrected chi connectivity index (χ3v) is 4.08. The Morgan fingerprint density at radius 1 is 1.25 bits per heavy atom. The van der Waals surface area contributed by atoms with Crippen LogP contribution in [0.1, 0.15) is 18.1 Å². The van der Waals surface area contributed by atoms with E-state index in [2.05, 4.69) is 33.4 Å². The summed E-state index contributed by atoms with van der Waals surface area (Å²) in [5, 5.41) is 4.18. The molecular weight excluding hydrogens is 338 g/mol. The normalized spacial score (nSPS) is 10.4. The molecule has 0 spiro atoms. The Hall–Kier alpha value is -1.19. The van der Waals surface area contributed by atoms with Crippen LogP contribution >= 0.6 is 27.5 Å². The monoisotopic (exact) mass is 353 g/mol. The molecule has 0 aromatic heterocycles. The fraction of sp³-hybridized carbons (Fsp3) is 0.250. The van der Waals surface area contributed by atoms with Crippen molar-refractivity contribution in [1.29, 1.82) is 0 Å². The molecule has 0 aliphatic heterocycles. The van der Waals surface area contributed by atoms with E-state index in [0.717, 1.165) is 33.0 Å². The molecule has 4 heteroatoms.